The van der Waals surface area contributed by atoms with Crippen molar-refractivity contribution in [2.45, 2.75) is 46.0 Å². The van der Waals surface area contributed by atoms with Crippen LogP contribution in [0.2, 0.25) is 0 Å². The van der Waals surface area contributed by atoms with Crippen molar-refractivity contribution in [2.75, 3.05) is 0 Å². The third-order valence-corrected chi connectivity index (χ3v) is 6.21. The molecule has 0 spiro atoms. The van der Waals surface area contributed by atoms with Crippen LogP contribution >= 0.6 is 0 Å². The van der Waals surface area contributed by atoms with Crippen LogP contribution in [0, 0.1) is 23.7 Å². The Balaban J connectivity index is 1.94. The van der Waals surface area contributed by atoms with Crippen LogP contribution in [-0.4, -0.2) is 11.6 Å². The molecule has 27 heavy (non-hydrogen) atoms. The van der Waals surface area contributed by atoms with Gasteiger partial charge in [-0.25, -0.2) is 0 Å². The molecule has 3 rings (SSSR count). The number of carbonyl (C=O) groups is 2. The van der Waals surface area contributed by atoms with Crippen LogP contribution in [0.3, 0.4) is 0 Å². The summed E-state index contributed by atoms with van der Waals surface area (Å²) in [5, 5.41) is 0. The maximum absolute atomic E-state index is 13.4. The van der Waals surface area contributed by atoms with Gasteiger partial charge in [-0.1, -0.05) is 81.4 Å². The number of rotatable bonds is 6. The third kappa shape index (κ3) is 4.37. The zero-order chi connectivity index (χ0) is 19.4. The Morgan fingerprint density at radius 3 is 2.15 bits per heavy atom. The highest BCUT2D eigenvalue weighted by atomic mass is 16.1. The number of carbonyl (C=O) groups excluding carboxylic acids is 2. The van der Waals surface area contributed by atoms with E-state index in [2.05, 4.69) is 32.9 Å². The van der Waals surface area contributed by atoms with Crippen molar-refractivity contribution >= 4 is 11.6 Å². The van der Waals surface area contributed by atoms with Gasteiger partial charge in [-0.15, -0.1) is 0 Å². The number of ketones is 2. The lowest BCUT2D eigenvalue weighted by molar-refractivity contribution is -0.133. The predicted octanol–water partition coefficient (Wildman–Crippen LogP) is 5.93. The molecule has 0 heterocycles. The SMILES string of the molecule is CC(C)C1CCC(C)C(C(CC(=O)c2ccccc2)c2ccccc2)C1=O. The molecule has 0 saturated heterocycles. The first-order chi connectivity index (χ1) is 13.0. The number of hydrogen-bond donors (Lipinski definition) is 0. The summed E-state index contributed by atoms with van der Waals surface area (Å²) in [6, 6.07) is 19.6. The second kappa shape index (κ2) is 8.65. The van der Waals surface area contributed by atoms with E-state index in [4.69, 9.17) is 0 Å². The summed E-state index contributed by atoms with van der Waals surface area (Å²) in [5.74, 6) is 1.12. The fraction of sp³-hybridized carbons (Fsp3) is 0.440. The van der Waals surface area contributed by atoms with Gasteiger partial charge in [-0.3, -0.25) is 9.59 Å². The van der Waals surface area contributed by atoms with Crippen molar-refractivity contribution in [1.29, 1.82) is 0 Å². The van der Waals surface area contributed by atoms with E-state index in [1.165, 1.54) is 0 Å². The first-order valence-corrected chi connectivity index (χ1v) is 10.2. The van der Waals surface area contributed by atoms with E-state index in [1.807, 2.05) is 48.5 Å². The monoisotopic (exact) mass is 362 g/mol. The number of Topliss-reactive ketones (excluding diaryl/α,β-unsaturated/α-hetero) is 2. The molecule has 2 aromatic carbocycles. The van der Waals surface area contributed by atoms with Gasteiger partial charge in [0.2, 0.25) is 0 Å². The quantitative estimate of drug-likeness (QED) is 0.597. The molecule has 1 fully saturated rings. The highest BCUT2D eigenvalue weighted by Crippen LogP contribution is 2.43. The summed E-state index contributed by atoms with van der Waals surface area (Å²) in [7, 11) is 0. The highest BCUT2D eigenvalue weighted by Gasteiger charge is 2.42. The van der Waals surface area contributed by atoms with Crippen LogP contribution in [0.25, 0.3) is 0 Å². The molecule has 0 aliphatic heterocycles. The van der Waals surface area contributed by atoms with Crippen molar-refractivity contribution in [3.8, 4) is 0 Å². The van der Waals surface area contributed by atoms with Gasteiger partial charge in [0, 0.05) is 29.7 Å². The minimum absolute atomic E-state index is 0.0528. The van der Waals surface area contributed by atoms with Gasteiger partial charge in [0.05, 0.1) is 0 Å². The summed E-state index contributed by atoms with van der Waals surface area (Å²) in [4.78, 5) is 26.4. The van der Waals surface area contributed by atoms with Crippen LogP contribution < -0.4 is 0 Å². The van der Waals surface area contributed by atoms with Crippen molar-refractivity contribution in [3.05, 3.63) is 71.8 Å². The molecule has 4 unspecified atom stereocenters. The van der Waals surface area contributed by atoms with Gasteiger partial charge in [0.25, 0.3) is 0 Å². The Bertz CT molecular complexity index is 763. The molecule has 1 aliphatic rings. The van der Waals surface area contributed by atoms with Crippen molar-refractivity contribution in [3.63, 3.8) is 0 Å². The average molecular weight is 363 g/mol. The summed E-state index contributed by atoms with van der Waals surface area (Å²) in [6.45, 7) is 6.46. The summed E-state index contributed by atoms with van der Waals surface area (Å²) in [5.41, 5.74) is 1.84. The van der Waals surface area contributed by atoms with E-state index in [9.17, 15) is 9.59 Å². The molecule has 1 aliphatic carbocycles. The second-order valence-electron chi connectivity index (χ2n) is 8.34. The Morgan fingerprint density at radius 2 is 1.56 bits per heavy atom. The molecule has 1 saturated carbocycles. The fourth-order valence-corrected chi connectivity index (χ4v) is 4.64. The lowest BCUT2D eigenvalue weighted by Crippen LogP contribution is -2.40. The van der Waals surface area contributed by atoms with E-state index in [0.717, 1.165) is 24.0 Å². The average Bonchev–Trinajstić information content (AvgIpc) is 2.68. The first-order valence-electron chi connectivity index (χ1n) is 10.2. The predicted molar refractivity (Wildman–Crippen MR) is 110 cm³/mol. The van der Waals surface area contributed by atoms with Gasteiger partial charge in [0.1, 0.15) is 5.78 Å². The molecular weight excluding hydrogens is 332 g/mol. The molecular formula is C25H30O2. The van der Waals surface area contributed by atoms with Crippen molar-refractivity contribution in [2.24, 2.45) is 23.7 Å². The minimum atomic E-state index is -0.0822. The van der Waals surface area contributed by atoms with E-state index in [-0.39, 0.29) is 23.5 Å². The minimum Gasteiger partial charge on any atom is -0.299 e. The van der Waals surface area contributed by atoms with E-state index in [1.54, 1.807) is 0 Å². The largest absolute Gasteiger partial charge is 0.299 e. The van der Waals surface area contributed by atoms with Gasteiger partial charge in [-0.2, -0.15) is 0 Å². The summed E-state index contributed by atoms with van der Waals surface area (Å²) >= 11 is 0. The maximum atomic E-state index is 13.4. The van der Waals surface area contributed by atoms with Crippen molar-refractivity contribution in [1.82, 2.24) is 0 Å². The van der Waals surface area contributed by atoms with Gasteiger partial charge in [0.15, 0.2) is 5.78 Å². The topological polar surface area (TPSA) is 34.1 Å². The fourth-order valence-electron chi connectivity index (χ4n) is 4.64. The van der Waals surface area contributed by atoms with Crippen LogP contribution in [0.4, 0.5) is 0 Å². The zero-order valence-electron chi connectivity index (χ0n) is 16.6. The Kier molecular flexibility index (Phi) is 6.26. The molecule has 142 valence electrons. The van der Waals surface area contributed by atoms with Crippen molar-refractivity contribution < 1.29 is 9.59 Å². The lowest BCUT2D eigenvalue weighted by Gasteiger charge is -2.39. The van der Waals surface area contributed by atoms with Crippen LogP contribution in [0.1, 0.15) is 61.9 Å². The van der Waals surface area contributed by atoms with Crippen LogP contribution in [0.5, 0.6) is 0 Å². The summed E-state index contributed by atoms with van der Waals surface area (Å²) in [6.07, 6.45) is 2.42. The smallest absolute Gasteiger partial charge is 0.163 e. The van der Waals surface area contributed by atoms with E-state index in [0.29, 0.717) is 24.0 Å². The highest BCUT2D eigenvalue weighted by molar-refractivity contribution is 5.97. The summed E-state index contributed by atoms with van der Waals surface area (Å²) < 4.78 is 0. The van der Waals surface area contributed by atoms with E-state index < -0.39 is 0 Å². The molecule has 0 amide bonds. The van der Waals surface area contributed by atoms with Gasteiger partial charge < -0.3 is 0 Å². The molecule has 2 nitrogen and oxygen atoms in total. The molecule has 2 aromatic rings. The maximum Gasteiger partial charge on any atom is 0.163 e. The first kappa shape index (κ1) is 19.5. The molecule has 0 radical (unpaired) electrons. The Hall–Kier alpha value is -2.22. The standard InChI is InChI=1S/C25H30O2/c1-17(2)21-15-14-18(3)24(25(21)27)22(19-10-6-4-7-11-19)16-23(26)20-12-8-5-9-13-20/h4-13,17-18,21-22,24H,14-16H2,1-3H3. The number of benzene rings is 2. The number of hydrogen-bond acceptors (Lipinski definition) is 2. The lowest BCUT2D eigenvalue weighted by atomic mass is 9.63. The Labute approximate surface area is 163 Å². The van der Waals surface area contributed by atoms with Crippen LogP contribution in [-0.2, 0) is 4.79 Å². The van der Waals surface area contributed by atoms with E-state index >= 15 is 0 Å². The van der Waals surface area contributed by atoms with Gasteiger partial charge >= 0.3 is 0 Å². The normalized spacial score (nSPS) is 24.0. The third-order valence-electron chi connectivity index (χ3n) is 6.21. The molecule has 0 bridgehead atoms. The Morgan fingerprint density at radius 1 is 0.963 bits per heavy atom. The molecule has 4 atom stereocenters. The van der Waals surface area contributed by atoms with Crippen LogP contribution in [0.15, 0.2) is 60.7 Å². The van der Waals surface area contributed by atoms with Gasteiger partial charge in [-0.05, 0) is 30.2 Å². The molecule has 2 heteroatoms. The second-order valence-corrected chi connectivity index (χ2v) is 8.34. The molecule has 0 aromatic heterocycles. The molecule has 0 N–H and O–H groups in total. The zero-order valence-corrected chi connectivity index (χ0v) is 16.6.